The third-order valence-electron chi connectivity index (χ3n) is 14.4. The molecular formula is C37H54O3. The molecule has 3 heteroatoms. The fraction of sp³-hybridized carbons (Fsp3) is 0.757. The summed E-state index contributed by atoms with van der Waals surface area (Å²) in [6.45, 7) is 17.8. The van der Waals surface area contributed by atoms with Crippen molar-refractivity contribution in [3.8, 4) is 0 Å². The van der Waals surface area contributed by atoms with E-state index in [1.165, 1.54) is 32.1 Å². The molecule has 0 aliphatic heterocycles. The molecule has 5 aliphatic carbocycles. The molecule has 1 N–H and O–H groups in total. The summed E-state index contributed by atoms with van der Waals surface area (Å²) in [5.74, 6) is 0.680. The number of fused-ring (bicyclic) bond motifs is 7. The van der Waals surface area contributed by atoms with Gasteiger partial charge in [0.1, 0.15) is 0 Å². The number of carbonyl (C=O) groups is 1. The van der Waals surface area contributed by atoms with Crippen molar-refractivity contribution in [1.82, 2.24) is 0 Å². The third kappa shape index (κ3) is 3.88. The molecule has 40 heavy (non-hydrogen) atoms. The van der Waals surface area contributed by atoms with Crippen molar-refractivity contribution in [3.63, 3.8) is 0 Å². The first-order valence-electron chi connectivity index (χ1n) is 16.3. The van der Waals surface area contributed by atoms with Crippen LogP contribution in [0.5, 0.6) is 0 Å². The highest BCUT2D eigenvalue weighted by atomic mass is 16.5. The van der Waals surface area contributed by atoms with Gasteiger partial charge in [0.15, 0.2) is 0 Å². The number of aliphatic carboxylic acids is 1. The minimum Gasteiger partial charge on any atom is -0.481 e. The van der Waals surface area contributed by atoms with Crippen molar-refractivity contribution in [2.45, 2.75) is 125 Å². The Hall–Kier alpha value is -1.61. The number of hydrogen-bond donors (Lipinski definition) is 1. The van der Waals surface area contributed by atoms with E-state index in [1.807, 2.05) is 25.1 Å². The summed E-state index contributed by atoms with van der Waals surface area (Å²) in [4.78, 5) is 13.2. The van der Waals surface area contributed by atoms with Gasteiger partial charge >= 0.3 is 5.97 Å². The smallest absolute Gasteiger partial charge is 0.312 e. The van der Waals surface area contributed by atoms with Gasteiger partial charge in [-0.05, 0) is 122 Å². The van der Waals surface area contributed by atoms with Crippen LogP contribution in [0, 0.1) is 50.2 Å². The topological polar surface area (TPSA) is 46.5 Å². The van der Waals surface area contributed by atoms with Crippen molar-refractivity contribution in [1.29, 1.82) is 0 Å². The van der Waals surface area contributed by atoms with E-state index in [0.717, 1.165) is 37.7 Å². The Balaban J connectivity index is 1.33. The van der Waals surface area contributed by atoms with E-state index in [4.69, 9.17) is 4.74 Å². The lowest BCUT2D eigenvalue weighted by atomic mass is 9.33. The van der Waals surface area contributed by atoms with Crippen LogP contribution in [0.1, 0.15) is 118 Å². The lowest BCUT2D eigenvalue weighted by Crippen LogP contribution is -2.66. The Morgan fingerprint density at radius 1 is 0.875 bits per heavy atom. The summed E-state index contributed by atoms with van der Waals surface area (Å²) in [5, 5.41) is 10.8. The molecule has 0 saturated heterocycles. The van der Waals surface area contributed by atoms with Gasteiger partial charge in [-0.2, -0.15) is 0 Å². The summed E-state index contributed by atoms with van der Waals surface area (Å²) in [5.41, 5.74) is 3.33. The number of rotatable bonds is 4. The second kappa shape index (κ2) is 9.19. The predicted octanol–water partition coefficient (Wildman–Crippen LogP) is 9.46. The first-order chi connectivity index (χ1) is 18.7. The van der Waals surface area contributed by atoms with E-state index in [9.17, 15) is 9.90 Å². The maximum Gasteiger partial charge on any atom is 0.312 e. The van der Waals surface area contributed by atoms with Crippen molar-refractivity contribution in [2.24, 2.45) is 50.2 Å². The number of carboxylic acid groups (broad SMARTS) is 1. The third-order valence-corrected chi connectivity index (χ3v) is 14.4. The molecule has 0 radical (unpaired) electrons. The highest BCUT2D eigenvalue weighted by Crippen LogP contribution is 2.75. The molecule has 3 nitrogen and oxygen atoms in total. The second-order valence-corrected chi connectivity index (χ2v) is 16.8. The molecule has 4 fully saturated rings. The van der Waals surface area contributed by atoms with Crippen LogP contribution in [-0.4, -0.2) is 17.2 Å². The van der Waals surface area contributed by atoms with Crippen LogP contribution in [0.3, 0.4) is 0 Å². The molecule has 0 bridgehead atoms. The standard InChI is InChI=1S/C37H54O3/c1-32(2)19-20-33(3)21-22-35(5)26(27(33)23-32)13-14-28-34(4)17-16-30(40-24-25-11-9-8-10-12-25)37(7,31(38)39)29(34)15-18-36(28,35)6/h8-13,27-30H,14-24H2,1-7H3,(H,38,39)/t27-,28-,29?,30+,33-,34-,35-,36-,37+/m1/s1. The first kappa shape index (κ1) is 28.5. The summed E-state index contributed by atoms with van der Waals surface area (Å²) in [6.07, 6.45) is 14.3. The molecular weight excluding hydrogens is 492 g/mol. The van der Waals surface area contributed by atoms with Gasteiger partial charge in [0.05, 0.1) is 18.1 Å². The number of allylic oxidation sites excluding steroid dienone is 2. The normalized spacial score (nSPS) is 47.6. The molecule has 0 aromatic heterocycles. The van der Waals surface area contributed by atoms with E-state index in [2.05, 4.69) is 59.8 Å². The Morgan fingerprint density at radius 3 is 2.27 bits per heavy atom. The highest BCUT2D eigenvalue weighted by Gasteiger charge is 2.69. The van der Waals surface area contributed by atoms with Gasteiger partial charge in [-0.3, -0.25) is 4.79 Å². The van der Waals surface area contributed by atoms with Gasteiger partial charge in [0, 0.05) is 0 Å². The van der Waals surface area contributed by atoms with Crippen molar-refractivity contribution in [2.75, 3.05) is 0 Å². The average Bonchev–Trinajstić information content (AvgIpc) is 2.90. The van der Waals surface area contributed by atoms with Crippen molar-refractivity contribution >= 4 is 5.97 Å². The van der Waals surface area contributed by atoms with E-state index < -0.39 is 11.4 Å². The molecule has 5 aliphatic rings. The van der Waals surface area contributed by atoms with Crippen molar-refractivity contribution in [3.05, 3.63) is 47.5 Å². The molecule has 9 atom stereocenters. The van der Waals surface area contributed by atoms with Crippen LogP contribution >= 0.6 is 0 Å². The Bertz CT molecular complexity index is 1190. The van der Waals surface area contributed by atoms with Crippen LogP contribution in [0.4, 0.5) is 0 Å². The lowest BCUT2D eigenvalue weighted by molar-refractivity contribution is -0.225. The number of benzene rings is 1. The summed E-state index contributed by atoms with van der Waals surface area (Å²) < 4.78 is 6.50. The molecule has 0 heterocycles. The summed E-state index contributed by atoms with van der Waals surface area (Å²) >= 11 is 0. The zero-order chi connectivity index (χ0) is 28.8. The summed E-state index contributed by atoms with van der Waals surface area (Å²) in [6, 6.07) is 10.2. The maximum absolute atomic E-state index is 13.2. The lowest BCUT2D eigenvalue weighted by Gasteiger charge is -2.71. The molecule has 1 aromatic carbocycles. The summed E-state index contributed by atoms with van der Waals surface area (Å²) in [7, 11) is 0. The van der Waals surface area contributed by atoms with Crippen LogP contribution in [-0.2, 0) is 16.1 Å². The molecule has 6 rings (SSSR count). The van der Waals surface area contributed by atoms with Gasteiger partial charge < -0.3 is 9.84 Å². The van der Waals surface area contributed by atoms with Gasteiger partial charge in [-0.15, -0.1) is 0 Å². The van der Waals surface area contributed by atoms with Crippen LogP contribution < -0.4 is 0 Å². The van der Waals surface area contributed by atoms with Gasteiger partial charge in [-0.25, -0.2) is 0 Å². The average molecular weight is 547 g/mol. The predicted molar refractivity (Wildman–Crippen MR) is 162 cm³/mol. The monoisotopic (exact) mass is 546 g/mol. The quantitative estimate of drug-likeness (QED) is 0.383. The largest absolute Gasteiger partial charge is 0.481 e. The SMILES string of the molecule is CC1(C)CC[C@]2(C)CC[C@]3(C)C(=CC[C@@H]4[C@@]5(C)CC[C@H](OCc6ccccc6)[C@@](C)(C(=O)O)C5CC[C@]43C)[C@H]2C1. The molecule has 220 valence electrons. The van der Waals surface area contributed by atoms with Crippen LogP contribution in [0.25, 0.3) is 0 Å². The molecule has 1 aromatic rings. The molecule has 1 unspecified atom stereocenters. The van der Waals surface area contributed by atoms with E-state index >= 15 is 0 Å². The van der Waals surface area contributed by atoms with E-state index in [-0.39, 0.29) is 28.3 Å². The fourth-order valence-electron chi connectivity index (χ4n) is 11.5. The minimum atomic E-state index is -0.869. The van der Waals surface area contributed by atoms with Gasteiger partial charge in [0.2, 0.25) is 0 Å². The van der Waals surface area contributed by atoms with E-state index in [0.29, 0.717) is 29.3 Å². The first-order valence-corrected chi connectivity index (χ1v) is 16.3. The number of carboxylic acids is 1. The zero-order valence-electron chi connectivity index (χ0n) is 26.3. The number of hydrogen-bond acceptors (Lipinski definition) is 2. The molecule has 0 spiro atoms. The van der Waals surface area contributed by atoms with Crippen LogP contribution in [0.15, 0.2) is 42.0 Å². The zero-order valence-corrected chi connectivity index (χ0v) is 26.3. The maximum atomic E-state index is 13.2. The molecule has 0 amide bonds. The van der Waals surface area contributed by atoms with Crippen LogP contribution in [0.2, 0.25) is 0 Å². The fourth-order valence-corrected chi connectivity index (χ4v) is 11.5. The number of ether oxygens (including phenoxy) is 1. The van der Waals surface area contributed by atoms with E-state index in [1.54, 1.807) is 5.57 Å². The Morgan fingerprint density at radius 2 is 1.57 bits per heavy atom. The second-order valence-electron chi connectivity index (χ2n) is 16.8. The minimum absolute atomic E-state index is 0.00434. The van der Waals surface area contributed by atoms with Gasteiger partial charge in [0.25, 0.3) is 0 Å². The van der Waals surface area contributed by atoms with Crippen molar-refractivity contribution < 1.29 is 14.6 Å². The molecule has 4 saturated carbocycles. The Kier molecular flexibility index (Phi) is 6.55. The Labute approximate surface area is 243 Å². The van der Waals surface area contributed by atoms with Gasteiger partial charge in [-0.1, -0.05) is 83.5 Å². The highest BCUT2D eigenvalue weighted by molar-refractivity contribution is 5.76.